The van der Waals surface area contributed by atoms with E-state index in [1.807, 2.05) is 26.0 Å². The molecule has 3 aromatic rings. The molecule has 0 saturated heterocycles. The van der Waals surface area contributed by atoms with Crippen molar-refractivity contribution in [2.75, 3.05) is 7.11 Å². The van der Waals surface area contributed by atoms with Crippen molar-refractivity contribution in [3.05, 3.63) is 77.0 Å². The van der Waals surface area contributed by atoms with Gasteiger partial charge in [0.1, 0.15) is 17.3 Å². The van der Waals surface area contributed by atoms with Crippen molar-refractivity contribution in [1.82, 2.24) is 4.98 Å². The van der Waals surface area contributed by atoms with Crippen LogP contribution in [0.15, 0.2) is 65.1 Å². The van der Waals surface area contributed by atoms with E-state index >= 15 is 0 Å². The summed E-state index contributed by atoms with van der Waals surface area (Å²) in [7, 11) is -2.79. The van der Waals surface area contributed by atoms with Crippen LogP contribution in [0, 0.1) is 18.3 Å². The van der Waals surface area contributed by atoms with Crippen LogP contribution < -0.4 is 0 Å². The molecule has 1 aliphatic heterocycles. The molecule has 2 saturated carbocycles. The van der Waals surface area contributed by atoms with Crippen LogP contribution in [0.5, 0.6) is 0 Å². The van der Waals surface area contributed by atoms with Gasteiger partial charge in [-0.15, -0.1) is 0 Å². The van der Waals surface area contributed by atoms with E-state index in [-0.39, 0.29) is 28.6 Å². The van der Waals surface area contributed by atoms with Crippen LogP contribution in [0.25, 0.3) is 10.9 Å². The lowest BCUT2D eigenvalue weighted by molar-refractivity contribution is -0.307. The van der Waals surface area contributed by atoms with Gasteiger partial charge < -0.3 is 19.6 Å². The predicted molar refractivity (Wildman–Crippen MR) is 161 cm³/mol. The highest BCUT2D eigenvalue weighted by molar-refractivity contribution is 7.86. The Morgan fingerprint density at radius 2 is 1.72 bits per heavy atom. The number of ketones is 1. The number of benzene rings is 2. The molecule has 0 spiro atoms. The monoisotopic (exact) mass is 605 g/mol. The number of aryl methyl sites for hydroxylation is 1. The normalized spacial score (nSPS) is 36.4. The number of rotatable bonds is 4. The highest BCUT2D eigenvalue weighted by atomic mass is 32.2. The molecule has 1 aromatic heterocycles. The average molecular weight is 606 g/mol. The van der Waals surface area contributed by atoms with Gasteiger partial charge in [0.15, 0.2) is 11.6 Å². The Kier molecular flexibility index (Phi) is 5.98. The number of para-hydroxylation sites is 1. The fourth-order valence-corrected chi connectivity index (χ4v) is 9.97. The molecule has 2 fully saturated rings. The summed E-state index contributed by atoms with van der Waals surface area (Å²) in [6.45, 7) is 9.43. The van der Waals surface area contributed by atoms with Crippen molar-refractivity contribution in [3.63, 3.8) is 0 Å². The number of fused-ring (bicyclic) bond motifs is 9. The quantitative estimate of drug-likeness (QED) is 0.390. The third kappa shape index (κ3) is 3.57. The topological polar surface area (TPSA) is 115 Å². The molecule has 43 heavy (non-hydrogen) atoms. The maximum absolute atomic E-state index is 13.8. The lowest BCUT2D eigenvalue weighted by Gasteiger charge is -2.68. The minimum atomic E-state index is -4.29. The molecular weight excluding hydrogens is 566 g/mol. The zero-order valence-electron chi connectivity index (χ0n) is 25.5. The number of hydrogen-bond donors (Lipinski definition) is 2. The molecule has 0 amide bonds. The minimum Gasteiger partial charge on any atom is -0.382 e. The molecule has 0 bridgehead atoms. The first-order valence-corrected chi connectivity index (χ1v) is 16.4. The van der Waals surface area contributed by atoms with Gasteiger partial charge in [-0.25, -0.2) is 0 Å². The largest absolute Gasteiger partial charge is 0.382 e. The first-order valence-electron chi connectivity index (χ1n) is 15.0. The predicted octanol–water partition coefficient (Wildman–Crippen LogP) is 5.26. The zero-order valence-corrected chi connectivity index (χ0v) is 26.3. The lowest BCUT2D eigenvalue weighted by Crippen LogP contribution is -2.76. The van der Waals surface area contributed by atoms with E-state index in [0.717, 1.165) is 22.2 Å². The summed E-state index contributed by atoms with van der Waals surface area (Å²) >= 11 is 0. The summed E-state index contributed by atoms with van der Waals surface area (Å²) in [5.41, 5.74) is -0.297. The SMILES string of the molecule is CO[C@]12CC[C@]3(C)[C@@]4(C)c5[nH]c6ccccc6c5C[C@@H]4C[C@H](OS(=O)(=O)c4ccc(C)cc4)[C@@]3(O)C1=CC(=O)C(C)(C)O2. The van der Waals surface area contributed by atoms with Crippen molar-refractivity contribution >= 4 is 26.8 Å². The number of carbonyl (C=O) groups excluding carboxylic acids is 1. The molecule has 8 nitrogen and oxygen atoms in total. The maximum atomic E-state index is 13.8. The second-order valence-corrected chi connectivity index (χ2v) is 15.4. The fraction of sp³-hybridized carbons (Fsp3) is 0.500. The summed E-state index contributed by atoms with van der Waals surface area (Å²) < 4.78 is 46.3. The average Bonchev–Trinajstić information content (AvgIpc) is 3.46. The Morgan fingerprint density at radius 1 is 1.02 bits per heavy atom. The Hall–Kier alpha value is -2.82. The third-order valence-electron chi connectivity index (χ3n) is 11.5. The van der Waals surface area contributed by atoms with Gasteiger partial charge in [-0.1, -0.05) is 49.7 Å². The van der Waals surface area contributed by atoms with Crippen molar-refractivity contribution in [3.8, 4) is 0 Å². The number of aromatic nitrogens is 1. The first-order chi connectivity index (χ1) is 20.1. The van der Waals surface area contributed by atoms with E-state index in [1.54, 1.807) is 26.0 Å². The van der Waals surface area contributed by atoms with Crippen LogP contribution in [0.4, 0.5) is 0 Å². The standard InChI is InChI=1S/C34H39NO7S/c1-20-11-13-22(14-12-20)43(38,39)41-28-18-21-17-24-23-9-7-8-10-25(23)35-29(24)32(21,5)31(4)15-16-33(40-6)26(34(28,31)37)19-27(36)30(2,3)42-33/h7-14,19,21,28,35,37H,15-18H2,1-6H3/t21-,28+,31-,32-,33+,34+/m1/s1. The number of hydrogen-bond acceptors (Lipinski definition) is 7. The maximum Gasteiger partial charge on any atom is 0.297 e. The molecule has 7 rings (SSSR count). The number of aliphatic hydroxyl groups is 1. The second-order valence-electron chi connectivity index (χ2n) is 13.8. The van der Waals surface area contributed by atoms with E-state index in [2.05, 4.69) is 24.0 Å². The van der Waals surface area contributed by atoms with Gasteiger partial charge in [0.25, 0.3) is 10.1 Å². The van der Waals surface area contributed by atoms with Crippen LogP contribution in [0.3, 0.4) is 0 Å². The van der Waals surface area contributed by atoms with Crippen molar-refractivity contribution in [2.45, 2.75) is 93.7 Å². The highest BCUT2D eigenvalue weighted by Crippen LogP contribution is 2.71. The Balaban J connectivity index is 1.46. The molecule has 2 aromatic carbocycles. The van der Waals surface area contributed by atoms with E-state index in [0.29, 0.717) is 19.3 Å². The summed E-state index contributed by atoms with van der Waals surface area (Å²) in [6, 6.07) is 14.6. The molecule has 4 aliphatic rings. The molecule has 2 heterocycles. The lowest BCUT2D eigenvalue weighted by atomic mass is 9.41. The molecule has 2 N–H and O–H groups in total. The highest BCUT2D eigenvalue weighted by Gasteiger charge is 2.76. The number of aromatic amines is 1. The summed E-state index contributed by atoms with van der Waals surface area (Å²) in [4.78, 5) is 17.2. The van der Waals surface area contributed by atoms with Crippen LogP contribution in [0.1, 0.15) is 63.8 Å². The van der Waals surface area contributed by atoms with Crippen LogP contribution in [0.2, 0.25) is 0 Å². The van der Waals surface area contributed by atoms with Crippen molar-refractivity contribution < 1.29 is 32.0 Å². The van der Waals surface area contributed by atoms with Crippen molar-refractivity contribution in [1.29, 1.82) is 0 Å². The smallest absolute Gasteiger partial charge is 0.297 e. The molecule has 0 unspecified atom stereocenters. The molecule has 228 valence electrons. The molecule has 3 aliphatic carbocycles. The Labute approximate surface area is 252 Å². The van der Waals surface area contributed by atoms with Crippen LogP contribution >= 0.6 is 0 Å². The summed E-state index contributed by atoms with van der Waals surface area (Å²) in [5.74, 6) is -1.78. The van der Waals surface area contributed by atoms with E-state index in [4.69, 9.17) is 13.7 Å². The van der Waals surface area contributed by atoms with Gasteiger partial charge in [0.2, 0.25) is 0 Å². The minimum absolute atomic E-state index is 0.0132. The third-order valence-corrected chi connectivity index (χ3v) is 12.8. The fourth-order valence-electron chi connectivity index (χ4n) is 8.87. The number of carbonyl (C=O) groups is 1. The van der Waals surface area contributed by atoms with E-state index in [1.165, 1.54) is 30.9 Å². The van der Waals surface area contributed by atoms with Crippen LogP contribution in [-0.2, 0) is 40.4 Å². The van der Waals surface area contributed by atoms with E-state index in [9.17, 15) is 18.3 Å². The number of methoxy groups -OCH3 is 1. The van der Waals surface area contributed by atoms with E-state index < -0.39 is 44.0 Å². The van der Waals surface area contributed by atoms with Gasteiger partial charge in [0.05, 0.1) is 4.90 Å². The second kappa shape index (κ2) is 8.88. The van der Waals surface area contributed by atoms with Gasteiger partial charge in [-0.3, -0.25) is 8.98 Å². The van der Waals surface area contributed by atoms with Crippen molar-refractivity contribution in [2.24, 2.45) is 11.3 Å². The van der Waals surface area contributed by atoms with Gasteiger partial charge in [0, 0.05) is 46.5 Å². The van der Waals surface area contributed by atoms with Gasteiger partial charge in [-0.05, 0) is 75.8 Å². The first kappa shape index (κ1) is 28.9. The number of nitrogens with one attached hydrogen (secondary N) is 1. The Bertz CT molecular complexity index is 1810. The molecule has 0 radical (unpaired) electrons. The van der Waals surface area contributed by atoms with Gasteiger partial charge in [-0.2, -0.15) is 8.42 Å². The zero-order chi connectivity index (χ0) is 30.8. The summed E-state index contributed by atoms with van der Waals surface area (Å²) in [5, 5.41) is 14.5. The molecule has 9 heteroatoms. The summed E-state index contributed by atoms with van der Waals surface area (Å²) in [6.07, 6.45) is 2.01. The Morgan fingerprint density at radius 3 is 2.42 bits per heavy atom. The number of ether oxygens (including phenoxy) is 2. The van der Waals surface area contributed by atoms with Crippen LogP contribution in [-0.4, -0.2) is 54.5 Å². The molecule has 6 atom stereocenters. The number of H-pyrrole nitrogens is 1. The molecular formula is C34H39NO7S. The van der Waals surface area contributed by atoms with Gasteiger partial charge >= 0.3 is 0 Å².